The summed E-state index contributed by atoms with van der Waals surface area (Å²) in [4.78, 5) is 25.2. The lowest BCUT2D eigenvalue weighted by molar-refractivity contribution is 0.0979. The highest BCUT2D eigenvalue weighted by atomic mass is 35.5. The third-order valence-electron chi connectivity index (χ3n) is 4.71. The minimum atomic E-state index is -4.08. The van der Waals surface area contributed by atoms with E-state index in [-0.39, 0.29) is 50.1 Å². The highest BCUT2D eigenvalue weighted by molar-refractivity contribution is 7.89. The van der Waals surface area contributed by atoms with Gasteiger partial charge in [-0.2, -0.15) is 0 Å². The van der Waals surface area contributed by atoms with Crippen molar-refractivity contribution < 1.29 is 22.4 Å². The predicted molar refractivity (Wildman–Crippen MR) is 105 cm³/mol. The van der Waals surface area contributed by atoms with E-state index in [1.165, 1.54) is 36.4 Å². The van der Waals surface area contributed by atoms with Crippen molar-refractivity contribution in [2.75, 3.05) is 0 Å². The van der Waals surface area contributed by atoms with Gasteiger partial charge in [0.25, 0.3) is 0 Å². The molecule has 0 unspecified atom stereocenters. The fourth-order valence-corrected chi connectivity index (χ4v) is 4.45. The van der Waals surface area contributed by atoms with Crippen LogP contribution in [0, 0.1) is 5.82 Å². The van der Waals surface area contributed by atoms with Gasteiger partial charge >= 0.3 is 0 Å². The van der Waals surface area contributed by atoms with Crippen LogP contribution in [-0.2, 0) is 16.6 Å². The van der Waals surface area contributed by atoms with Crippen LogP contribution in [0.2, 0.25) is 5.02 Å². The van der Waals surface area contributed by atoms with E-state index in [0.29, 0.717) is 0 Å². The molecule has 0 atom stereocenters. The first-order valence-electron chi connectivity index (χ1n) is 8.54. The molecule has 3 aromatic carbocycles. The molecule has 29 heavy (non-hydrogen) atoms. The summed E-state index contributed by atoms with van der Waals surface area (Å²) in [5.74, 6) is -1.40. The van der Waals surface area contributed by atoms with Crippen LogP contribution in [0.5, 0.6) is 0 Å². The van der Waals surface area contributed by atoms with Crippen molar-refractivity contribution in [2.45, 2.75) is 11.4 Å². The van der Waals surface area contributed by atoms with Crippen LogP contribution in [0.3, 0.4) is 0 Å². The Hall–Kier alpha value is -2.87. The van der Waals surface area contributed by atoms with Crippen LogP contribution < -0.4 is 4.72 Å². The highest BCUT2D eigenvalue weighted by Gasteiger charge is 2.30. The standard InChI is InChI=1S/C21H13ClFNO4S/c22-18-6-3-7-19(23)17(18)11-24-29(27,28)12-8-9-15-16(10-12)21(26)14-5-2-1-4-13(14)20(15)25/h1-10,24H,11H2. The van der Waals surface area contributed by atoms with Gasteiger partial charge in [0.2, 0.25) is 10.0 Å². The zero-order valence-electron chi connectivity index (χ0n) is 14.8. The molecule has 1 aliphatic carbocycles. The molecule has 8 heteroatoms. The molecule has 0 saturated carbocycles. The summed E-state index contributed by atoms with van der Waals surface area (Å²) in [6.45, 7) is -0.360. The number of sulfonamides is 1. The van der Waals surface area contributed by atoms with Gasteiger partial charge in [-0.15, -0.1) is 0 Å². The minimum Gasteiger partial charge on any atom is -0.289 e. The van der Waals surface area contributed by atoms with E-state index in [1.54, 1.807) is 18.2 Å². The van der Waals surface area contributed by atoms with Gasteiger partial charge in [-0.1, -0.05) is 41.9 Å². The largest absolute Gasteiger partial charge is 0.289 e. The number of hydrogen-bond donors (Lipinski definition) is 1. The van der Waals surface area contributed by atoms with Gasteiger partial charge < -0.3 is 0 Å². The molecule has 0 bridgehead atoms. The lowest BCUT2D eigenvalue weighted by atomic mass is 9.84. The lowest BCUT2D eigenvalue weighted by Gasteiger charge is -2.18. The molecule has 146 valence electrons. The number of benzene rings is 3. The Morgan fingerprint density at radius 2 is 1.45 bits per heavy atom. The van der Waals surface area contributed by atoms with Crippen molar-refractivity contribution in [1.82, 2.24) is 4.72 Å². The summed E-state index contributed by atoms with van der Waals surface area (Å²) in [6.07, 6.45) is 0. The van der Waals surface area contributed by atoms with E-state index in [9.17, 15) is 22.4 Å². The first kappa shape index (κ1) is 19.4. The first-order chi connectivity index (χ1) is 13.8. The van der Waals surface area contributed by atoms with Gasteiger partial charge in [-0.05, 0) is 30.3 Å². The van der Waals surface area contributed by atoms with Gasteiger partial charge in [0, 0.05) is 39.4 Å². The van der Waals surface area contributed by atoms with Crippen LogP contribution in [0.15, 0.2) is 65.6 Å². The molecule has 0 heterocycles. The van der Waals surface area contributed by atoms with Crippen molar-refractivity contribution in [3.05, 3.63) is 99.3 Å². The Morgan fingerprint density at radius 3 is 2.10 bits per heavy atom. The second-order valence-corrected chi connectivity index (χ2v) is 8.61. The average molecular weight is 430 g/mol. The number of nitrogens with one attached hydrogen (secondary N) is 1. The summed E-state index contributed by atoms with van der Waals surface area (Å²) in [7, 11) is -4.08. The lowest BCUT2D eigenvalue weighted by Crippen LogP contribution is -2.26. The van der Waals surface area contributed by atoms with Crippen molar-refractivity contribution in [2.24, 2.45) is 0 Å². The molecule has 0 saturated heterocycles. The van der Waals surface area contributed by atoms with Crippen LogP contribution in [-0.4, -0.2) is 20.0 Å². The van der Waals surface area contributed by atoms with Gasteiger partial charge in [0.1, 0.15) is 5.82 Å². The maximum atomic E-state index is 13.9. The normalized spacial score (nSPS) is 13.2. The zero-order chi connectivity index (χ0) is 20.8. The topological polar surface area (TPSA) is 80.3 Å². The third kappa shape index (κ3) is 3.37. The zero-order valence-corrected chi connectivity index (χ0v) is 16.4. The number of ketones is 2. The molecule has 0 amide bonds. The third-order valence-corrected chi connectivity index (χ3v) is 6.46. The van der Waals surface area contributed by atoms with Gasteiger partial charge in [0.05, 0.1) is 4.90 Å². The molecule has 1 N–H and O–H groups in total. The number of halogens is 2. The quantitative estimate of drug-likeness (QED) is 0.536. The molecule has 0 radical (unpaired) electrons. The molecule has 3 aromatic rings. The summed E-state index contributed by atoms with van der Waals surface area (Å²) >= 11 is 5.93. The van der Waals surface area contributed by atoms with E-state index in [4.69, 9.17) is 11.6 Å². The maximum Gasteiger partial charge on any atom is 0.240 e. The Bertz CT molecular complexity index is 1270. The molecule has 0 spiro atoms. The van der Waals surface area contributed by atoms with Crippen LogP contribution in [0.25, 0.3) is 0 Å². The van der Waals surface area contributed by atoms with Crippen LogP contribution >= 0.6 is 11.6 Å². The number of fused-ring (bicyclic) bond motifs is 2. The fraction of sp³-hybridized carbons (Fsp3) is 0.0476. The smallest absolute Gasteiger partial charge is 0.240 e. The highest BCUT2D eigenvalue weighted by Crippen LogP contribution is 2.29. The van der Waals surface area contributed by atoms with Crippen LogP contribution in [0.4, 0.5) is 4.39 Å². The fourth-order valence-electron chi connectivity index (χ4n) is 3.20. The number of carbonyl (C=O) groups excluding carboxylic acids is 2. The minimum absolute atomic E-state index is 0.0101. The van der Waals surface area contributed by atoms with Gasteiger partial charge in [-0.3, -0.25) is 9.59 Å². The molecule has 4 rings (SSSR count). The molecular weight excluding hydrogens is 417 g/mol. The van der Waals surface area contributed by atoms with Crippen molar-refractivity contribution in [3.63, 3.8) is 0 Å². The first-order valence-corrected chi connectivity index (χ1v) is 10.4. The van der Waals surface area contributed by atoms with Crippen molar-refractivity contribution >= 4 is 33.2 Å². The van der Waals surface area contributed by atoms with Crippen molar-refractivity contribution in [3.8, 4) is 0 Å². The monoisotopic (exact) mass is 429 g/mol. The van der Waals surface area contributed by atoms with E-state index < -0.39 is 21.6 Å². The second-order valence-electron chi connectivity index (χ2n) is 6.44. The maximum absolute atomic E-state index is 13.9. The summed E-state index contributed by atoms with van der Waals surface area (Å²) in [5.41, 5.74) is 0.680. The Balaban J connectivity index is 1.68. The Morgan fingerprint density at radius 1 is 0.828 bits per heavy atom. The van der Waals surface area contributed by atoms with E-state index in [2.05, 4.69) is 4.72 Å². The van der Waals surface area contributed by atoms with E-state index in [0.717, 1.165) is 6.07 Å². The van der Waals surface area contributed by atoms with Crippen LogP contribution in [0.1, 0.15) is 37.4 Å². The van der Waals surface area contributed by atoms with E-state index >= 15 is 0 Å². The molecule has 0 aromatic heterocycles. The SMILES string of the molecule is O=C1c2ccccc2C(=O)c2cc(S(=O)(=O)NCc3c(F)cccc3Cl)ccc21. The Kier molecular flexibility index (Phi) is 4.82. The molecule has 0 aliphatic heterocycles. The average Bonchev–Trinajstić information content (AvgIpc) is 2.71. The summed E-state index contributed by atoms with van der Waals surface area (Å²) in [6, 6.07) is 14.1. The molecular formula is C21H13ClFNO4S. The number of carbonyl (C=O) groups is 2. The Labute approximate surface area is 171 Å². The van der Waals surface area contributed by atoms with Crippen molar-refractivity contribution in [1.29, 1.82) is 0 Å². The molecule has 5 nitrogen and oxygen atoms in total. The predicted octanol–water partition coefficient (Wildman–Crippen LogP) is 3.73. The second kappa shape index (κ2) is 7.18. The number of rotatable bonds is 4. The van der Waals surface area contributed by atoms with Gasteiger partial charge in [0.15, 0.2) is 11.6 Å². The number of hydrogen-bond acceptors (Lipinski definition) is 4. The molecule has 0 fully saturated rings. The summed E-state index contributed by atoms with van der Waals surface area (Å²) in [5, 5.41) is 0.0931. The summed E-state index contributed by atoms with van der Waals surface area (Å²) < 4.78 is 41.5. The molecule has 1 aliphatic rings. The van der Waals surface area contributed by atoms with E-state index in [1.807, 2.05) is 0 Å². The van der Waals surface area contributed by atoms with Gasteiger partial charge in [-0.25, -0.2) is 17.5 Å².